The first-order valence-electron chi connectivity index (χ1n) is 7.89. The molecule has 0 unspecified atom stereocenters. The molecule has 2 aliphatic carbocycles. The summed E-state index contributed by atoms with van der Waals surface area (Å²) >= 11 is 0. The number of ether oxygens (including phenoxy) is 1. The Hall–Kier alpha value is -1.59. The molecule has 0 saturated heterocycles. The van der Waals surface area contributed by atoms with Crippen LogP contribution in [0.15, 0.2) is 0 Å². The van der Waals surface area contributed by atoms with Crippen LogP contribution in [-0.2, 0) is 14.3 Å². The van der Waals surface area contributed by atoms with E-state index in [0.717, 1.165) is 38.5 Å². The summed E-state index contributed by atoms with van der Waals surface area (Å²) in [6.45, 7) is -0.385. The Balaban J connectivity index is 1.57. The molecule has 6 nitrogen and oxygen atoms in total. The van der Waals surface area contributed by atoms with Gasteiger partial charge in [0.1, 0.15) is 0 Å². The van der Waals surface area contributed by atoms with Gasteiger partial charge in [0, 0.05) is 12.5 Å². The van der Waals surface area contributed by atoms with Crippen molar-refractivity contribution in [1.29, 1.82) is 0 Å². The second kappa shape index (κ2) is 8.00. The van der Waals surface area contributed by atoms with E-state index in [4.69, 9.17) is 4.74 Å². The Kier molecular flexibility index (Phi) is 6.02. The molecular formula is C15H24N2O4. The van der Waals surface area contributed by atoms with Crippen LogP contribution in [0.1, 0.15) is 57.8 Å². The van der Waals surface area contributed by atoms with Crippen LogP contribution < -0.4 is 10.6 Å². The molecule has 0 radical (unpaired) electrons. The molecule has 6 heteroatoms. The second-order valence-electron chi connectivity index (χ2n) is 6.02. The maximum atomic E-state index is 11.6. The lowest BCUT2D eigenvalue weighted by Crippen LogP contribution is -2.45. The highest BCUT2D eigenvalue weighted by molar-refractivity contribution is 5.95. The van der Waals surface area contributed by atoms with Gasteiger partial charge in [-0.3, -0.25) is 14.9 Å². The number of rotatable bonds is 5. The first kappa shape index (κ1) is 15.8. The topological polar surface area (TPSA) is 84.5 Å². The molecule has 118 valence electrons. The molecule has 0 aliphatic heterocycles. The summed E-state index contributed by atoms with van der Waals surface area (Å²) in [4.78, 5) is 34.6. The van der Waals surface area contributed by atoms with Gasteiger partial charge in [0.25, 0.3) is 5.91 Å². The molecule has 0 spiro atoms. The molecule has 21 heavy (non-hydrogen) atoms. The predicted molar refractivity (Wildman–Crippen MR) is 76.5 cm³/mol. The molecule has 0 aromatic carbocycles. The Labute approximate surface area is 125 Å². The quantitative estimate of drug-likeness (QED) is 0.759. The van der Waals surface area contributed by atoms with Crippen molar-refractivity contribution in [2.45, 2.75) is 63.8 Å². The zero-order valence-electron chi connectivity index (χ0n) is 12.4. The van der Waals surface area contributed by atoms with Crippen molar-refractivity contribution in [3.05, 3.63) is 0 Å². The molecule has 0 heterocycles. The molecular weight excluding hydrogens is 272 g/mol. The van der Waals surface area contributed by atoms with Gasteiger partial charge in [-0.25, -0.2) is 4.79 Å². The van der Waals surface area contributed by atoms with Crippen LogP contribution in [0.3, 0.4) is 0 Å². The molecule has 2 N–H and O–H groups in total. The van der Waals surface area contributed by atoms with Gasteiger partial charge in [-0.1, -0.05) is 25.7 Å². The van der Waals surface area contributed by atoms with Gasteiger partial charge in [0.05, 0.1) is 0 Å². The van der Waals surface area contributed by atoms with Crippen molar-refractivity contribution in [1.82, 2.24) is 10.6 Å². The van der Waals surface area contributed by atoms with Gasteiger partial charge >= 0.3 is 12.0 Å². The first-order valence-corrected chi connectivity index (χ1v) is 7.89. The fourth-order valence-electron chi connectivity index (χ4n) is 3.11. The molecule has 2 rings (SSSR count). The van der Waals surface area contributed by atoms with E-state index in [2.05, 4.69) is 10.6 Å². The Morgan fingerprint density at radius 1 is 0.952 bits per heavy atom. The van der Waals surface area contributed by atoms with E-state index in [0.29, 0.717) is 12.3 Å². The maximum absolute atomic E-state index is 11.6. The normalized spacial score (nSPS) is 19.4. The van der Waals surface area contributed by atoms with E-state index in [-0.39, 0.29) is 18.6 Å². The summed E-state index contributed by atoms with van der Waals surface area (Å²) in [7, 11) is 0. The Morgan fingerprint density at radius 2 is 1.57 bits per heavy atom. The molecule has 2 fully saturated rings. The molecule has 0 atom stereocenters. The third kappa shape index (κ3) is 5.73. The number of amides is 3. The molecule has 0 bridgehead atoms. The fraction of sp³-hybridized carbons (Fsp3) is 0.800. The number of hydrogen-bond donors (Lipinski definition) is 2. The summed E-state index contributed by atoms with van der Waals surface area (Å²) in [5, 5.41) is 4.93. The Morgan fingerprint density at radius 3 is 2.24 bits per heavy atom. The van der Waals surface area contributed by atoms with Gasteiger partial charge in [0.15, 0.2) is 6.61 Å². The highest BCUT2D eigenvalue weighted by atomic mass is 16.5. The van der Waals surface area contributed by atoms with Crippen molar-refractivity contribution >= 4 is 17.9 Å². The van der Waals surface area contributed by atoms with E-state index in [1.54, 1.807) is 0 Å². The number of carbonyl (C=O) groups excluding carboxylic acids is 3. The average Bonchev–Trinajstić information content (AvgIpc) is 3.10. The van der Waals surface area contributed by atoms with E-state index < -0.39 is 11.9 Å². The van der Waals surface area contributed by atoms with Crippen LogP contribution in [0.2, 0.25) is 0 Å². The van der Waals surface area contributed by atoms with Crippen molar-refractivity contribution in [3.8, 4) is 0 Å². The van der Waals surface area contributed by atoms with Gasteiger partial charge in [-0.2, -0.15) is 0 Å². The van der Waals surface area contributed by atoms with Crippen molar-refractivity contribution in [2.24, 2.45) is 5.92 Å². The molecule has 2 aliphatic rings. The minimum absolute atomic E-state index is 0.155. The lowest BCUT2D eigenvalue weighted by atomic mass is 10.1. The van der Waals surface area contributed by atoms with Gasteiger partial charge in [-0.15, -0.1) is 0 Å². The third-order valence-corrected chi connectivity index (χ3v) is 4.24. The predicted octanol–water partition coefficient (Wildman–Crippen LogP) is 1.88. The SMILES string of the molecule is O=C(COC(=O)CC1CCCC1)NC(=O)NC1CCCC1. The van der Waals surface area contributed by atoms with Gasteiger partial charge in [0.2, 0.25) is 0 Å². The minimum atomic E-state index is -0.578. The average molecular weight is 296 g/mol. The van der Waals surface area contributed by atoms with Crippen LogP contribution in [0.4, 0.5) is 4.79 Å². The fourth-order valence-corrected chi connectivity index (χ4v) is 3.11. The van der Waals surface area contributed by atoms with Crippen LogP contribution in [0.25, 0.3) is 0 Å². The monoisotopic (exact) mass is 296 g/mol. The Bertz CT molecular complexity index is 385. The van der Waals surface area contributed by atoms with E-state index in [1.807, 2.05) is 0 Å². The second-order valence-corrected chi connectivity index (χ2v) is 6.02. The van der Waals surface area contributed by atoms with Crippen LogP contribution in [-0.4, -0.2) is 30.6 Å². The summed E-state index contributed by atoms with van der Waals surface area (Å²) in [6.07, 6.45) is 8.96. The first-order chi connectivity index (χ1) is 10.1. The smallest absolute Gasteiger partial charge is 0.321 e. The minimum Gasteiger partial charge on any atom is -0.456 e. The van der Waals surface area contributed by atoms with Crippen molar-refractivity contribution in [2.75, 3.05) is 6.61 Å². The van der Waals surface area contributed by atoms with E-state index in [9.17, 15) is 14.4 Å². The molecule has 3 amide bonds. The summed E-state index contributed by atoms with van der Waals surface area (Å²) in [5.74, 6) is -0.537. The third-order valence-electron chi connectivity index (χ3n) is 4.24. The summed E-state index contributed by atoms with van der Waals surface area (Å²) < 4.78 is 4.91. The van der Waals surface area contributed by atoms with Crippen LogP contribution in [0.5, 0.6) is 0 Å². The maximum Gasteiger partial charge on any atom is 0.321 e. The zero-order chi connectivity index (χ0) is 15.1. The number of hydrogen-bond acceptors (Lipinski definition) is 4. The standard InChI is InChI=1S/C15H24N2O4/c18-13(17-15(20)16-12-7-3-4-8-12)10-21-14(19)9-11-5-1-2-6-11/h11-12H,1-10H2,(H2,16,17,18,20). The van der Waals surface area contributed by atoms with Crippen molar-refractivity contribution in [3.63, 3.8) is 0 Å². The number of urea groups is 1. The highest BCUT2D eigenvalue weighted by Gasteiger charge is 2.21. The number of carbonyl (C=O) groups is 3. The lowest BCUT2D eigenvalue weighted by molar-refractivity contribution is -0.149. The van der Waals surface area contributed by atoms with Gasteiger partial charge in [-0.05, 0) is 31.6 Å². The lowest BCUT2D eigenvalue weighted by Gasteiger charge is -2.12. The van der Waals surface area contributed by atoms with E-state index >= 15 is 0 Å². The van der Waals surface area contributed by atoms with E-state index in [1.165, 1.54) is 12.8 Å². The summed E-state index contributed by atoms with van der Waals surface area (Å²) in [5.41, 5.74) is 0. The molecule has 2 saturated carbocycles. The molecule has 0 aromatic rings. The number of nitrogens with one attached hydrogen (secondary N) is 2. The number of esters is 1. The molecule has 0 aromatic heterocycles. The summed E-state index contributed by atoms with van der Waals surface area (Å²) in [6, 6.07) is -0.346. The van der Waals surface area contributed by atoms with Gasteiger partial charge < -0.3 is 10.1 Å². The highest BCUT2D eigenvalue weighted by Crippen LogP contribution is 2.27. The number of imide groups is 1. The van der Waals surface area contributed by atoms with Crippen LogP contribution in [0, 0.1) is 5.92 Å². The largest absolute Gasteiger partial charge is 0.456 e. The van der Waals surface area contributed by atoms with Crippen LogP contribution >= 0.6 is 0 Å². The van der Waals surface area contributed by atoms with Crippen molar-refractivity contribution < 1.29 is 19.1 Å². The zero-order valence-corrected chi connectivity index (χ0v) is 12.4.